The van der Waals surface area contributed by atoms with Gasteiger partial charge in [0.1, 0.15) is 0 Å². The second-order valence-corrected chi connectivity index (χ2v) is 6.76. The molecule has 1 aromatic rings. The minimum absolute atomic E-state index is 0.0664. The molecule has 0 aliphatic carbocycles. The fourth-order valence-electron chi connectivity index (χ4n) is 3.07. The van der Waals surface area contributed by atoms with Crippen molar-refractivity contribution >= 4 is 5.91 Å². The maximum atomic E-state index is 12.1. The molecule has 1 saturated heterocycles. The summed E-state index contributed by atoms with van der Waals surface area (Å²) in [5.41, 5.74) is 7.06. The highest BCUT2D eigenvalue weighted by molar-refractivity contribution is 5.78. The molecule has 1 aromatic carbocycles. The molecule has 6 heteroatoms. The topological polar surface area (TPSA) is 76.8 Å². The van der Waals surface area contributed by atoms with Crippen molar-refractivity contribution in [3.8, 4) is 11.5 Å². The standard InChI is InChI=1S/C18H29N3O3/c1-18(12-19)7-9-21(13-18)11-17(22)20-8-6-14-4-5-15(23-2)16(10-14)24-3/h4-5,10H,6-9,11-13,19H2,1-3H3,(H,20,22). The molecule has 134 valence electrons. The van der Waals surface area contributed by atoms with Gasteiger partial charge in [-0.25, -0.2) is 0 Å². The van der Waals surface area contributed by atoms with Gasteiger partial charge >= 0.3 is 0 Å². The Morgan fingerprint density at radius 1 is 1.33 bits per heavy atom. The van der Waals surface area contributed by atoms with Gasteiger partial charge in [0, 0.05) is 13.1 Å². The Morgan fingerprint density at radius 3 is 2.71 bits per heavy atom. The lowest BCUT2D eigenvalue weighted by atomic mass is 9.90. The molecule has 1 amide bonds. The zero-order chi connectivity index (χ0) is 17.6. The molecule has 1 fully saturated rings. The third-order valence-electron chi connectivity index (χ3n) is 4.68. The Kier molecular flexibility index (Phi) is 6.45. The number of hydrogen-bond acceptors (Lipinski definition) is 5. The average Bonchev–Trinajstić information content (AvgIpc) is 2.96. The minimum atomic E-state index is 0.0664. The highest BCUT2D eigenvalue weighted by Gasteiger charge is 2.32. The Hall–Kier alpha value is -1.79. The zero-order valence-corrected chi connectivity index (χ0v) is 14.9. The second-order valence-electron chi connectivity index (χ2n) is 6.76. The number of hydrogen-bond donors (Lipinski definition) is 2. The van der Waals surface area contributed by atoms with Crippen molar-refractivity contribution in [2.24, 2.45) is 11.1 Å². The number of nitrogens with zero attached hydrogens (tertiary/aromatic N) is 1. The fraction of sp³-hybridized carbons (Fsp3) is 0.611. The number of nitrogens with one attached hydrogen (secondary N) is 1. The van der Waals surface area contributed by atoms with Crippen LogP contribution < -0.4 is 20.5 Å². The Bertz CT molecular complexity index is 564. The number of nitrogens with two attached hydrogens (primary N) is 1. The van der Waals surface area contributed by atoms with Gasteiger partial charge in [-0.05, 0) is 49.0 Å². The molecular weight excluding hydrogens is 306 g/mol. The smallest absolute Gasteiger partial charge is 0.234 e. The predicted octanol–water partition coefficient (Wildman–Crippen LogP) is 1.03. The summed E-state index contributed by atoms with van der Waals surface area (Å²) in [6.45, 7) is 5.74. The fourth-order valence-corrected chi connectivity index (χ4v) is 3.07. The first-order valence-corrected chi connectivity index (χ1v) is 8.40. The van der Waals surface area contributed by atoms with Crippen molar-refractivity contribution in [3.63, 3.8) is 0 Å². The van der Waals surface area contributed by atoms with Crippen molar-refractivity contribution in [1.29, 1.82) is 0 Å². The zero-order valence-electron chi connectivity index (χ0n) is 14.9. The molecule has 0 bridgehead atoms. The molecule has 1 aliphatic rings. The van der Waals surface area contributed by atoms with Gasteiger partial charge in [-0.1, -0.05) is 13.0 Å². The monoisotopic (exact) mass is 335 g/mol. The second kappa shape index (κ2) is 8.35. The third kappa shape index (κ3) is 4.85. The molecule has 0 saturated carbocycles. The summed E-state index contributed by atoms with van der Waals surface area (Å²) in [7, 11) is 3.24. The van der Waals surface area contributed by atoms with Crippen molar-refractivity contribution < 1.29 is 14.3 Å². The van der Waals surface area contributed by atoms with Crippen LogP contribution in [0.3, 0.4) is 0 Å². The van der Waals surface area contributed by atoms with Gasteiger partial charge < -0.3 is 20.5 Å². The van der Waals surface area contributed by atoms with E-state index in [2.05, 4.69) is 17.1 Å². The lowest BCUT2D eigenvalue weighted by Gasteiger charge is -2.22. The molecule has 1 atom stereocenters. The maximum Gasteiger partial charge on any atom is 0.234 e. The normalized spacial score (nSPS) is 20.8. The quantitative estimate of drug-likeness (QED) is 0.742. The van der Waals surface area contributed by atoms with Crippen LogP contribution in [-0.2, 0) is 11.2 Å². The van der Waals surface area contributed by atoms with Gasteiger partial charge in [0.15, 0.2) is 11.5 Å². The lowest BCUT2D eigenvalue weighted by molar-refractivity contribution is -0.122. The molecule has 24 heavy (non-hydrogen) atoms. The van der Waals surface area contributed by atoms with Crippen LogP contribution in [0, 0.1) is 5.41 Å². The van der Waals surface area contributed by atoms with E-state index in [1.807, 2.05) is 18.2 Å². The molecule has 1 heterocycles. The minimum Gasteiger partial charge on any atom is -0.493 e. The Balaban J connectivity index is 1.75. The van der Waals surface area contributed by atoms with Gasteiger partial charge in [-0.2, -0.15) is 0 Å². The van der Waals surface area contributed by atoms with Gasteiger partial charge in [-0.3, -0.25) is 9.69 Å². The first-order chi connectivity index (χ1) is 11.5. The summed E-state index contributed by atoms with van der Waals surface area (Å²) in [4.78, 5) is 14.3. The van der Waals surface area contributed by atoms with E-state index < -0.39 is 0 Å². The summed E-state index contributed by atoms with van der Waals surface area (Å²) in [6.07, 6.45) is 1.81. The van der Waals surface area contributed by atoms with E-state index in [-0.39, 0.29) is 11.3 Å². The van der Waals surface area contributed by atoms with Gasteiger partial charge in [0.05, 0.1) is 20.8 Å². The van der Waals surface area contributed by atoms with Crippen LogP contribution in [-0.4, -0.2) is 57.8 Å². The SMILES string of the molecule is COc1ccc(CCNC(=O)CN2CCC(C)(CN)C2)cc1OC. The van der Waals surface area contributed by atoms with E-state index in [1.165, 1.54) is 0 Å². The van der Waals surface area contributed by atoms with E-state index in [9.17, 15) is 4.79 Å². The molecule has 1 unspecified atom stereocenters. The molecule has 6 nitrogen and oxygen atoms in total. The van der Waals surface area contributed by atoms with Crippen LogP contribution in [0.2, 0.25) is 0 Å². The van der Waals surface area contributed by atoms with Crippen LogP contribution in [0.5, 0.6) is 11.5 Å². The number of carbonyl (C=O) groups is 1. The summed E-state index contributed by atoms with van der Waals surface area (Å²) in [6, 6.07) is 5.81. The Morgan fingerprint density at radius 2 is 2.08 bits per heavy atom. The number of rotatable bonds is 8. The highest BCUT2D eigenvalue weighted by Crippen LogP contribution is 2.28. The first-order valence-electron chi connectivity index (χ1n) is 8.40. The van der Waals surface area contributed by atoms with Gasteiger partial charge in [0.2, 0.25) is 5.91 Å². The van der Waals surface area contributed by atoms with Crippen LogP contribution >= 0.6 is 0 Å². The van der Waals surface area contributed by atoms with E-state index in [4.69, 9.17) is 15.2 Å². The van der Waals surface area contributed by atoms with Crippen LogP contribution in [0.4, 0.5) is 0 Å². The number of likely N-dealkylation sites (tertiary alicyclic amines) is 1. The van der Waals surface area contributed by atoms with Gasteiger partial charge in [-0.15, -0.1) is 0 Å². The largest absolute Gasteiger partial charge is 0.493 e. The average molecular weight is 335 g/mol. The molecule has 3 N–H and O–H groups in total. The van der Waals surface area contributed by atoms with E-state index in [0.29, 0.717) is 31.1 Å². The number of carbonyl (C=O) groups excluding carboxylic acids is 1. The number of benzene rings is 1. The summed E-state index contributed by atoms with van der Waals surface area (Å²) >= 11 is 0. The molecular formula is C18H29N3O3. The van der Waals surface area contributed by atoms with Crippen LogP contribution in [0.1, 0.15) is 18.9 Å². The number of amides is 1. The predicted molar refractivity (Wildman–Crippen MR) is 94.5 cm³/mol. The van der Waals surface area contributed by atoms with Crippen molar-refractivity contribution in [2.75, 3.05) is 46.9 Å². The van der Waals surface area contributed by atoms with Crippen molar-refractivity contribution in [2.45, 2.75) is 19.8 Å². The maximum absolute atomic E-state index is 12.1. The third-order valence-corrected chi connectivity index (χ3v) is 4.68. The summed E-state index contributed by atoms with van der Waals surface area (Å²) in [5.74, 6) is 1.48. The summed E-state index contributed by atoms with van der Waals surface area (Å²) < 4.78 is 10.5. The molecule has 0 radical (unpaired) electrons. The Labute approximate surface area is 144 Å². The molecule has 0 spiro atoms. The molecule has 2 rings (SSSR count). The number of methoxy groups -OCH3 is 2. The summed E-state index contributed by atoms with van der Waals surface area (Å²) in [5, 5.41) is 2.99. The van der Waals surface area contributed by atoms with Gasteiger partial charge in [0.25, 0.3) is 0 Å². The molecule has 0 aromatic heterocycles. The van der Waals surface area contributed by atoms with E-state index in [0.717, 1.165) is 31.5 Å². The van der Waals surface area contributed by atoms with Crippen molar-refractivity contribution in [1.82, 2.24) is 10.2 Å². The van der Waals surface area contributed by atoms with Crippen LogP contribution in [0.25, 0.3) is 0 Å². The first kappa shape index (κ1) is 18.5. The van der Waals surface area contributed by atoms with Crippen molar-refractivity contribution in [3.05, 3.63) is 23.8 Å². The van der Waals surface area contributed by atoms with Crippen LogP contribution in [0.15, 0.2) is 18.2 Å². The van der Waals surface area contributed by atoms with E-state index in [1.54, 1.807) is 14.2 Å². The highest BCUT2D eigenvalue weighted by atomic mass is 16.5. The lowest BCUT2D eigenvalue weighted by Crippen LogP contribution is -2.38. The number of ether oxygens (including phenoxy) is 2. The van der Waals surface area contributed by atoms with E-state index >= 15 is 0 Å². The molecule has 1 aliphatic heterocycles.